The largest absolute Gasteiger partial charge is 0.481 e. The van der Waals surface area contributed by atoms with Gasteiger partial charge in [0.05, 0.1) is 11.2 Å². The number of piperazine rings is 1. The number of carboxylic acid groups (broad SMARTS) is 1. The Morgan fingerprint density at radius 2 is 1.64 bits per heavy atom. The third-order valence-electron chi connectivity index (χ3n) is 5.19. The van der Waals surface area contributed by atoms with E-state index in [0.29, 0.717) is 5.75 Å². The summed E-state index contributed by atoms with van der Waals surface area (Å²) in [6, 6.07) is 12.3. The van der Waals surface area contributed by atoms with Crippen LogP contribution in [0.25, 0.3) is 0 Å². The smallest absolute Gasteiger partial charge is 0.323 e. The molecule has 1 saturated heterocycles. The molecule has 33 heavy (non-hydrogen) atoms. The van der Waals surface area contributed by atoms with E-state index in [1.54, 1.807) is 0 Å². The topological polar surface area (TPSA) is 121 Å². The van der Waals surface area contributed by atoms with E-state index in [1.807, 2.05) is 30.3 Å². The summed E-state index contributed by atoms with van der Waals surface area (Å²) < 4.78 is 57.6. The molecule has 0 radical (unpaired) electrons. The molecule has 0 aliphatic carbocycles. The number of hydrogen-bond acceptors (Lipinski definition) is 6. The van der Waals surface area contributed by atoms with Crippen LogP contribution in [-0.4, -0.2) is 74.6 Å². The molecule has 2 unspecified atom stereocenters. The van der Waals surface area contributed by atoms with Crippen molar-refractivity contribution in [3.63, 3.8) is 0 Å². The molecule has 1 fully saturated rings. The van der Waals surface area contributed by atoms with Crippen LogP contribution in [0, 0.1) is 11.8 Å². The zero-order valence-electron chi connectivity index (χ0n) is 18.1. The fourth-order valence-corrected chi connectivity index (χ4v) is 6.40. The van der Waals surface area contributed by atoms with Gasteiger partial charge in [-0.15, -0.1) is 0 Å². The molecule has 2 atom stereocenters. The van der Waals surface area contributed by atoms with E-state index < -0.39 is 38.1 Å². The van der Waals surface area contributed by atoms with Crippen molar-refractivity contribution in [2.24, 2.45) is 0 Å². The van der Waals surface area contributed by atoms with Crippen molar-refractivity contribution >= 4 is 26.0 Å². The van der Waals surface area contributed by atoms with Crippen LogP contribution in [0.4, 0.5) is 0 Å². The second-order valence-corrected chi connectivity index (χ2v) is 11.3. The zero-order chi connectivity index (χ0) is 24.2. The predicted molar refractivity (Wildman–Crippen MR) is 122 cm³/mol. The van der Waals surface area contributed by atoms with Gasteiger partial charge in [0.25, 0.3) is 0 Å². The summed E-state index contributed by atoms with van der Waals surface area (Å²) >= 11 is 0. The van der Waals surface area contributed by atoms with Gasteiger partial charge in [0, 0.05) is 24.7 Å². The molecule has 0 spiro atoms. The van der Waals surface area contributed by atoms with Crippen LogP contribution in [0.3, 0.4) is 0 Å². The molecule has 1 N–H and O–H groups in total. The first-order valence-corrected chi connectivity index (χ1v) is 13.3. The lowest BCUT2D eigenvalue weighted by molar-refractivity contribution is -0.144. The number of aliphatic carboxylic acids is 1. The van der Waals surface area contributed by atoms with Gasteiger partial charge in [0.2, 0.25) is 20.0 Å². The normalized spacial score (nSPS) is 19.9. The Kier molecular flexibility index (Phi) is 7.44. The highest BCUT2D eigenvalue weighted by Crippen LogP contribution is 2.27. The quantitative estimate of drug-likeness (QED) is 0.602. The van der Waals surface area contributed by atoms with E-state index in [1.165, 1.54) is 31.2 Å². The molecule has 2 aromatic rings. The van der Waals surface area contributed by atoms with E-state index in [-0.39, 0.29) is 24.6 Å². The first-order chi connectivity index (χ1) is 15.5. The number of ether oxygens (including phenoxy) is 1. The SMILES string of the molecule is CC1C(C(=O)O)N(S(=O)(=O)c2ccc(OCC#Cc3ccccc3)cc2)CCN1S(C)(=O)=O. The molecular weight excluding hydrogens is 468 g/mol. The molecular formula is C22H24N2O7S2. The second-order valence-electron chi connectivity index (χ2n) is 7.44. The van der Waals surface area contributed by atoms with E-state index in [9.17, 15) is 26.7 Å². The average Bonchev–Trinajstić information content (AvgIpc) is 2.76. The van der Waals surface area contributed by atoms with Crippen molar-refractivity contribution in [1.29, 1.82) is 0 Å². The summed E-state index contributed by atoms with van der Waals surface area (Å²) in [6.07, 6.45) is 0.968. The molecule has 0 aromatic heterocycles. The Morgan fingerprint density at radius 3 is 2.21 bits per heavy atom. The van der Waals surface area contributed by atoms with Crippen LogP contribution in [0.2, 0.25) is 0 Å². The first-order valence-electron chi connectivity index (χ1n) is 10.00. The minimum absolute atomic E-state index is 0.104. The molecule has 0 saturated carbocycles. The minimum atomic E-state index is -4.19. The molecule has 1 aliphatic heterocycles. The zero-order valence-corrected chi connectivity index (χ0v) is 19.7. The monoisotopic (exact) mass is 492 g/mol. The lowest BCUT2D eigenvalue weighted by Crippen LogP contribution is -2.63. The van der Waals surface area contributed by atoms with Gasteiger partial charge >= 0.3 is 5.97 Å². The Labute approximate surface area is 193 Å². The molecule has 0 amide bonds. The molecule has 1 aliphatic rings. The maximum atomic E-state index is 13.2. The van der Waals surface area contributed by atoms with Crippen molar-refractivity contribution in [1.82, 2.24) is 8.61 Å². The Hall–Kier alpha value is -2.91. The second kappa shape index (κ2) is 9.93. The number of nitrogens with zero attached hydrogens (tertiary/aromatic N) is 2. The third kappa shape index (κ3) is 5.72. The van der Waals surface area contributed by atoms with E-state index in [0.717, 1.165) is 20.4 Å². The van der Waals surface area contributed by atoms with Crippen LogP contribution < -0.4 is 4.74 Å². The van der Waals surface area contributed by atoms with E-state index >= 15 is 0 Å². The summed E-state index contributed by atoms with van der Waals surface area (Å²) in [6.45, 7) is 1.08. The van der Waals surface area contributed by atoms with Crippen LogP contribution >= 0.6 is 0 Å². The summed E-state index contributed by atoms with van der Waals surface area (Å²) in [5.74, 6) is 4.80. The van der Waals surface area contributed by atoms with Crippen LogP contribution in [0.15, 0.2) is 59.5 Å². The van der Waals surface area contributed by atoms with Gasteiger partial charge in [-0.05, 0) is 43.3 Å². The Bertz CT molecular complexity index is 1270. The number of carbonyl (C=O) groups is 1. The molecule has 9 nitrogen and oxygen atoms in total. The summed E-state index contributed by atoms with van der Waals surface area (Å²) in [5.41, 5.74) is 0.848. The van der Waals surface area contributed by atoms with Crippen LogP contribution in [-0.2, 0) is 24.8 Å². The van der Waals surface area contributed by atoms with Gasteiger partial charge in [-0.1, -0.05) is 30.0 Å². The van der Waals surface area contributed by atoms with Crippen molar-refractivity contribution in [3.05, 3.63) is 60.2 Å². The maximum Gasteiger partial charge on any atom is 0.323 e. The highest BCUT2D eigenvalue weighted by molar-refractivity contribution is 7.89. The molecule has 176 valence electrons. The summed E-state index contributed by atoms with van der Waals surface area (Å²) in [7, 11) is -7.88. The van der Waals surface area contributed by atoms with Crippen molar-refractivity contribution in [2.45, 2.75) is 23.9 Å². The van der Waals surface area contributed by atoms with Crippen LogP contribution in [0.1, 0.15) is 12.5 Å². The van der Waals surface area contributed by atoms with E-state index in [4.69, 9.17) is 4.74 Å². The molecule has 2 aromatic carbocycles. The lowest BCUT2D eigenvalue weighted by atomic mass is 10.1. The van der Waals surface area contributed by atoms with Gasteiger partial charge in [0.1, 0.15) is 18.4 Å². The Balaban J connectivity index is 1.74. The Morgan fingerprint density at radius 1 is 1.03 bits per heavy atom. The van der Waals surface area contributed by atoms with E-state index in [2.05, 4.69) is 11.8 Å². The van der Waals surface area contributed by atoms with Crippen molar-refractivity contribution < 1.29 is 31.5 Å². The minimum Gasteiger partial charge on any atom is -0.481 e. The number of benzene rings is 2. The fourth-order valence-electron chi connectivity index (χ4n) is 3.63. The highest BCUT2D eigenvalue weighted by Gasteiger charge is 2.47. The number of sulfonamides is 2. The predicted octanol–water partition coefficient (Wildman–Crippen LogP) is 1.22. The standard InChI is InChI=1S/C22H24N2O7S2/c1-17-21(22(25)26)24(15-14-23(17)32(2,27)28)33(29,30)20-12-10-19(11-13-20)31-16-6-9-18-7-4-3-5-8-18/h3-5,7-8,10-13,17,21H,14-16H2,1-2H3,(H,25,26). The number of carboxylic acids is 1. The fraction of sp³-hybridized carbons (Fsp3) is 0.318. The molecule has 3 rings (SSSR count). The van der Waals surface area contributed by atoms with Crippen molar-refractivity contribution in [3.8, 4) is 17.6 Å². The van der Waals surface area contributed by atoms with Gasteiger partial charge in [-0.2, -0.15) is 8.61 Å². The third-order valence-corrected chi connectivity index (χ3v) is 8.45. The summed E-state index contributed by atoms with van der Waals surface area (Å²) in [5, 5.41) is 9.66. The average molecular weight is 493 g/mol. The lowest BCUT2D eigenvalue weighted by Gasteiger charge is -2.42. The molecule has 0 bridgehead atoms. The molecule has 11 heteroatoms. The molecule has 1 heterocycles. The van der Waals surface area contributed by atoms with Gasteiger partial charge in [0.15, 0.2) is 0 Å². The van der Waals surface area contributed by atoms with Crippen molar-refractivity contribution in [2.75, 3.05) is 26.0 Å². The van der Waals surface area contributed by atoms with Gasteiger partial charge in [-0.25, -0.2) is 16.8 Å². The summed E-state index contributed by atoms with van der Waals surface area (Å²) in [4.78, 5) is 11.8. The van der Waals surface area contributed by atoms with Gasteiger partial charge in [-0.3, -0.25) is 4.79 Å². The van der Waals surface area contributed by atoms with Gasteiger partial charge < -0.3 is 9.84 Å². The first kappa shape index (κ1) is 24.7. The van der Waals surface area contributed by atoms with Crippen LogP contribution in [0.5, 0.6) is 5.75 Å². The number of hydrogen-bond donors (Lipinski definition) is 1. The maximum absolute atomic E-state index is 13.2. The highest BCUT2D eigenvalue weighted by atomic mass is 32.2. The number of rotatable bonds is 6.